The number of ether oxygens (including phenoxy) is 3. The Balaban J connectivity index is 1.93. The van der Waals surface area contributed by atoms with E-state index in [0.29, 0.717) is 26.2 Å². The molecular weight excluding hydrogens is 319 g/mol. The molecule has 140 valence electrons. The van der Waals surface area contributed by atoms with Crippen LogP contribution in [-0.2, 0) is 18.8 Å². The number of benzene rings is 1. The summed E-state index contributed by atoms with van der Waals surface area (Å²) in [4.78, 5) is 0. The van der Waals surface area contributed by atoms with Crippen LogP contribution in [0.2, 0.25) is 0 Å². The van der Waals surface area contributed by atoms with E-state index in [-0.39, 0.29) is 24.6 Å². The third kappa shape index (κ3) is 5.20. The van der Waals surface area contributed by atoms with Crippen molar-refractivity contribution >= 4 is 12.6 Å². The lowest BCUT2D eigenvalue weighted by Crippen LogP contribution is -2.41. The molecule has 1 heterocycles. The first-order valence-corrected chi connectivity index (χ1v) is 9.10. The summed E-state index contributed by atoms with van der Waals surface area (Å²) in [5.74, 6) is 0.791. The zero-order valence-corrected chi connectivity index (χ0v) is 16.3. The van der Waals surface area contributed by atoms with Gasteiger partial charge in [-0.3, -0.25) is 0 Å². The number of rotatable bonds is 9. The first-order valence-electron chi connectivity index (χ1n) is 9.10. The second-order valence-corrected chi connectivity index (χ2v) is 7.14. The molecule has 1 aromatic carbocycles. The van der Waals surface area contributed by atoms with Crippen molar-refractivity contribution in [3.8, 4) is 5.75 Å². The minimum atomic E-state index is -0.381. The van der Waals surface area contributed by atoms with Gasteiger partial charge in [-0.1, -0.05) is 12.1 Å². The highest BCUT2D eigenvalue weighted by Crippen LogP contribution is 2.36. The van der Waals surface area contributed by atoms with Crippen molar-refractivity contribution in [3.05, 3.63) is 24.3 Å². The van der Waals surface area contributed by atoms with Gasteiger partial charge >= 0.3 is 7.12 Å². The van der Waals surface area contributed by atoms with Crippen molar-refractivity contribution in [2.45, 2.75) is 65.5 Å². The molecule has 6 heteroatoms. The third-order valence-corrected chi connectivity index (χ3v) is 4.71. The highest BCUT2D eigenvalue weighted by molar-refractivity contribution is 6.62. The zero-order valence-electron chi connectivity index (χ0n) is 16.3. The largest absolute Gasteiger partial charge is 0.494 e. The molecule has 0 atom stereocenters. The van der Waals surface area contributed by atoms with Crippen molar-refractivity contribution in [3.63, 3.8) is 0 Å². The van der Waals surface area contributed by atoms with Crippen LogP contribution in [0.25, 0.3) is 0 Å². The van der Waals surface area contributed by atoms with E-state index in [4.69, 9.17) is 23.5 Å². The summed E-state index contributed by atoms with van der Waals surface area (Å²) in [5.41, 5.74) is 0.260. The van der Waals surface area contributed by atoms with Gasteiger partial charge in [-0.05, 0) is 59.1 Å². The average molecular weight is 350 g/mol. The molecule has 1 fully saturated rings. The van der Waals surface area contributed by atoms with Crippen LogP contribution in [0.4, 0.5) is 0 Å². The molecule has 0 bridgehead atoms. The molecule has 1 aliphatic rings. The lowest BCUT2D eigenvalue weighted by atomic mass is 9.79. The maximum Gasteiger partial charge on any atom is 0.494 e. The quantitative estimate of drug-likeness (QED) is 0.506. The van der Waals surface area contributed by atoms with Crippen LogP contribution in [0.5, 0.6) is 5.75 Å². The fourth-order valence-electron chi connectivity index (χ4n) is 2.59. The highest BCUT2D eigenvalue weighted by atomic mass is 16.7. The van der Waals surface area contributed by atoms with Crippen molar-refractivity contribution in [1.29, 1.82) is 0 Å². The molecule has 2 rings (SSSR count). The molecule has 1 aromatic rings. The van der Waals surface area contributed by atoms with Gasteiger partial charge in [0.05, 0.1) is 17.8 Å². The maximum atomic E-state index is 6.09. The van der Waals surface area contributed by atoms with E-state index in [1.54, 1.807) is 0 Å². The Morgan fingerprint density at radius 1 is 1.00 bits per heavy atom. The summed E-state index contributed by atoms with van der Waals surface area (Å²) in [6.07, 6.45) is 0.462. The molecular formula is C19H31BO5. The zero-order chi connectivity index (χ0) is 18.5. The van der Waals surface area contributed by atoms with E-state index in [9.17, 15) is 0 Å². The molecule has 0 aromatic heterocycles. The summed E-state index contributed by atoms with van der Waals surface area (Å²) >= 11 is 0. The van der Waals surface area contributed by atoms with Crippen LogP contribution in [0.1, 0.15) is 48.0 Å². The normalized spacial score (nSPS) is 18.8. The van der Waals surface area contributed by atoms with E-state index >= 15 is 0 Å². The van der Waals surface area contributed by atoms with Crippen LogP contribution in [0.3, 0.4) is 0 Å². The predicted octanol–water partition coefficient (Wildman–Crippen LogP) is 3.15. The monoisotopic (exact) mass is 350 g/mol. The Morgan fingerprint density at radius 2 is 1.60 bits per heavy atom. The molecule has 0 radical (unpaired) electrons. The first-order chi connectivity index (χ1) is 11.8. The SMILES string of the molecule is CCOC(CCOc1cccc(B2OC(C)(C)C(C)(C)O2)c1)OCC. The fourth-order valence-corrected chi connectivity index (χ4v) is 2.59. The molecule has 5 nitrogen and oxygen atoms in total. The number of hydrogen-bond acceptors (Lipinski definition) is 5. The van der Waals surface area contributed by atoms with Gasteiger partial charge in [-0.25, -0.2) is 0 Å². The van der Waals surface area contributed by atoms with Crippen LogP contribution < -0.4 is 10.2 Å². The summed E-state index contributed by atoms with van der Waals surface area (Å²) in [7, 11) is -0.381. The van der Waals surface area contributed by atoms with Crippen molar-refractivity contribution in [2.24, 2.45) is 0 Å². The third-order valence-electron chi connectivity index (χ3n) is 4.71. The van der Waals surface area contributed by atoms with Gasteiger partial charge < -0.3 is 23.5 Å². The van der Waals surface area contributed by atoms with Gasteiger partial charge in [0.25, 0.3) is 0 Å². The summed E-state index contributed by atoms with van der Waals surface area (Å²) in [5, 5.41) is 0. The van der Waals surface area contributed by atoms with E-state index in [0.717, 1.165) is 11.2 Å². The smallest absolute Gasteiger partial charge is 0.493 e. The Morgan fingerprint density at radius 3 is 2.16 bits per heavy atom. The van der Waals surface area contributed by atoms with Crippen LogP contribution in [0.15, 0.2) is 24.3 Å². The molecule has 0 unspecified atom stereocenters. The topological polar surface area (TPSA) is 46.2 Å². The minimum Gasteiger partial charge on any atom is -0.493 e. The van der Waals surface area contributed by atoms with E-state index in [2.05, 4.69) is 27.7 Å². The van der Waals surface area contributed by atoms with Crippen LogP contribution in [-0.4, -0.2) is 44.4 Å². The Hall–Kier alpha value is -1.08. The lowest BCUT2D eigenvalue weighted by Gasteiger charge is -2.32. The van der Waals surface area contributed by atoms with E-state index in [1.165, 1.54) is 0 Å². The van der Waals surface area contributed by atoms with Gasteiger partial charge in [0.1, 0.15) is 5.75 Å². The van der Waals surface area contributed by atoms with E-state index < -0.39 is 0 Å². The Bertz CT molecular complexity index is 524. The molecule has 0 amide bonds. The van der Waals surface area contributed by atoms with Crippen LogP contribution >= 0.6 is 0 Å². The van der Waals surface area contributed by atoms with Crippen molar-refractivity contribution < 1.29 is 23.5 Å². The van der Waals surface area contributed by atoms with Gasteiger partial charge in [0.2, 0.25) is 0 Å². The lowest BCUT2D eigenvalue weighted by molar-refractivity contribution is -0.142. The first kappa shape index (κ1) is 20.2. The summed E-state index contributed by atoms with van der Waals surface area (Å²) in [6, 6.07) is 7.86. The van der Waals surface area contributed by atoms with E-state index in [1.807, 2.05) is 38.1 Å². The maximum absolute atomic E-state index is 6.09. The van der Waals surface area contributed by atoms with Crippen molar-refractivity contribution in [2.75, 3.05) is 19.8 Å². The van der Waals surface area contributed by atoms with Gasteiger partial charge in [-0.15, -0.1) is 0 Å². The summed E-state index contributed by atoms with van der Waals surface area (Å²) < 4.78 is 29.1. The fraction of sp³-hybridized carbons (Fsp3) is 0.684. The molecule has 1 aliphatic heterocycles. The minimum absolute atomic E-state index is 0.221. The number of hydrogen-bond donors (Lipinski definition) is 0. The second-order valence-electron chi connectivity index (χ2n) is 7.14. The van der Waals surface area contributed by atoms with Gasteiger partial charge in [0, 0.05) is 19.6 Å². The van der Waals surface area contributed by atoms with Crippen molar-refractivity contribution in [1.82, 2.24) is 0 Å². The Kier molecular flexibility index (Phi) is 6.91. The average Bonchev–Trinajstić information content (AvgIpc) is 2.76. The molecule has 25 heavy (non-hydrogen) atoms. The summed E-state index contributed by atoms with van der Waals surface area (Å²) in [6.45, 7) is 13.9. The molecule has 0 N–H and O–H groups in total. The molecule has 0 aliphatic carbocycles. The Labute approximate surface area is 152 Å². The molecule has 1 saturated heterocycles. The predicted molar refractivity (Wildman–Crippen MR) is 99.3 cm³/mol. The molecule has 0 saturated carbocycles. The second kappa shape index (κ2) is 8.54. The standard InChI is InChI=1S/C19H31BO5/c1-7-21-17(22-8-2)12-13-23-16-11-9-10-15(14-16)20-24-18(3,4)19(5,6)25-20/h9-11,14,17H,7-8,12-13H2,1-6H3. The van der Waals surface area contributed by atoms with Gasteiger partial charge in [0.15, 0.2) is 6.29 Å². The van der Waals surface area contributed by atoms with Gasteiger partial charge in [-0.2, -0.15) is 0 Å². The van der Waals surface area contributed by atoms with Crippen LogP contribution in [0, 0.1) is 0 Å². The highest BCUT2D eigenvalue weighted by Gasteiger charge is 2.51. The molecule has 0 spiro atoms.